The van der Waals surface area contributed by atoms with E-state index < -0.39 is 0 Å². The standard InChI is InChI=1S/C26H21ClN2O3S/c27-20-7-9-21(10-8-20)31-13-12-29-23-15-19(6-11-24(23)32-16-26(29)30)22-17-33-25(28-22)14-18-4-2-1-3-5-18/h1-11,15,17H,12-14,16H2. The van der Waals surface area contributed by atoms with E-state index in [9.17, 15) is 4.79 Å². The van der Waals surface area contributed by atoms with Gasteiger partial charge in [-0.1, -0.05) is 41.9 Å². The number of fused-ring (bicyclic) bond motifs is 1. The lowest BCUT2D eigenvalue weighted by Gasteiger charge is -2.29. The summed E-state index contributed by atoms with van der Waals surface area (Å²) in [6.07, 6.45) is 0.798. The summed E-state index contributed by atoms with van der Waals surface area (Å²) < 4.78 is 11.5. The molecule has 5 nitrogen and oxygen atoms in total. The third-order valence-electron chi connectivity index (χ3n) is 5.34. The lowest BCUT2D eigenvalue weighted by Crippen LogP contribution is -2.41. The molecule has 166 valence electrons. The quantitative estimate of drug-likeness (QED) is 0.335. The van der Waals surface area contributed by atoms with Crippen LogP contribution in [0.25, 0.3) is 11.3 Å². The fourth-order valence-corrected chi connectivity index (χ4v) is 4.65. The molecular formula is C26H21ClN2O3S. The largest absolute Gasteiger partial charge is 0.492 e. The SMILES string of the molecule is O=C1COc2ccc(-c3csc(Cc4ccccc4)n3)cc2N1CCOc1ccc(Cl)cc1. The van der Waals surface area contributed by atoms with E-state index in [1.165, 1.54) is 5.56 Å². The van der Waals surface area contributed by atoms with Crippen molar-refractivity contribution < 1.29 is 14.3 Å². The van der Waals surface area contributed by atoms with Crippen molar-refractivity contribution in [2.75, 3.05) is 24.7 Å². The van der Waals surface area contributed by atoms with Crippen molar-refractivity contribution in [2.24, 2.45) is 0 Å². The van der Waals surface area contributed by atoms with Crippen LogP contribution in [0.3, 0.4) is 0 Å². The monoisotopic (exact) mass is 476 g/mol. The van der Waals surface area contributed by atoms with E-state index in [0.29, 0.717) is 29.7 Å². The van der Waals surface area contributed by atoms with Crippen LogP contribution < -0.4 is 14.4 Å². The predicted molar refractivity (Wildman–Crippen MR) is 132 cm³/mol. The molecule has 1 amide bonds. The molecule has 0 atom stereocenters. The Balaban J connectivity index is 1.32. The van der Waals surface area contributed by atoms with Crippen molar-refractivity contribution in [1.29, 1.82) is 0 Å². The summed E-state index contributed by atoms with van der Waals surface area (Å²) >= 11 is 7.56. The third-order valence-corrected chi connectivity index (χ3v) is 6.45. The zero-order chi connectivity index (χ0) is 22.6. The minimum atomic E-state index is -0.0950. The maximum Gasteiger partial charge on any atom is 0.265 e. The normalized spacial score (nSPS) is 12.9. The number of aromatic nitrogens is 1. The number of thiazole rings is 1. The average molecular weight is 477 g/mol. The number of anilines is 1. The molecule has 0 saturated heterocycles. The van der Waals surface area contributed by atoms with Crippen LogP contribution in [0.2, 0.25) is 5.02 Å². The summed E-state index contributed by atoms with van der Waals surface area (Å²) in [5.41, 5.74) is 3.81. The van der Waals surface area contributed by atoms with Gasteiger partial charge in [0.1, 0.15) is 18.1 Å². The molecule has 1 aliphatic heterocycles. The van der Waals surface area contributed by atoms with Gasteiger partial charge in [0.2, 0.25) is 0 Å². The zero-order valence-corrected chi connectivity index (χ0v) is 19.3. The number of carbonyl (C=O) groups excluding carboxylic acids is 1. The first-order chi connectivity index (χ1) is 16.2. The van der Waals surface area contributed by atoms with Crippen molar-refractivity contribution in [1.82, 2.24) is 4.98 Å². The average Bonchev–Trinajstić information content (AvgIpc) is 3.30. The van der Waals surface area contributed by atoms with Crippen LogP contribution in [-0.2, 0) is 11.2 Å². The van der Waals surface area contributed by atoms with Crippen LogP contribution in [0.1, 0.15) is 10.6 Å². The van der Waals surface area contributed by atoms with Gasteiger partial charge < -0.3 is 14.4 Å². The number of hydrogen-bond donors (Lipinski definition) is 0. The van der Waals surface area contributed by atoms with Gasteiger partial charge in [0.05, 0.1) is 22.9 Å². The molecule has 3 aromatic carbocycles. The van der Waals surface area contributed by atoms with Crippen LogP contribution in [0.15, 0.2) is 78.2 Å². The minimum Gasteiger partial charge on any atom is -0.492 e. The Kier molecular flexibility index (Phi) is 6.28. The van der Waals surface area contributed by atoms with Gasteiger partial charge in [0.25, 0.3) is 5.91 Å². The first kappa shape index (κ1) is 21.5. The molecule has 1 aromatic heterocycles. The second kappa shape index (κ2) is 9.65. The molecule has 0 aliphatic carbocycles. The van der Waals surface area contributed by atoms with E-state index in [4.69, 9.17) is 26.1 Å². The minimum absolute atomic E-state index is 0.0191. The Labute approximate surface area is 201 Å². The van der Waals surface area contributed by atoms with Crippen molar-refractivity contribution in [3.63, 3.8) is 0 Å². The smallest absolute Gasteiger partial charge is 0.265 e. The first-order valence-electron chi connectivity index (χ1n) is 10.6. The van der Waals surface area contributed by atoms with Gasteiger partial charge in [0.15, 0.2) is 6.61 Å². The van der Waals surface area contributed by atoms with E-state index in [-0.39, 0.29) is 12.5 Å². The van der Waals surface area contributed by atoms with E-state index >= 15 is 0 Å². The fourth-order valence-electron chi connectivity index (χ4n) is 3.69. The Hall–Kier alpha value is -3.35. The number of ether oxygens (including phenoxy) is 2. The molecule has 5 rings (SSSR count). The molecule has 0 spiro atoms. The summed E-state index contributed by atoms with van der Waals surface area (Å²) in [6, 6.07) is 23.3. The highest BCUT2D eigenvalue weighted by Gasteiger charge is 2.26. The number of nitrogens with zero attached hydrogens (tertiary/aromatic N) is 2. The highest BCUT2D eigenvalue weighted by atomic mass is 35.5. The highest BCUT2D eigenvalue weighted by molar-refractivity contribution is 7.10. The Morgan fingerprint density at radius 3 is 2.70 bits per heavy atom. The van der Waals surface area contributed by atoms with Gasteiger partial charge in [-0.2, -0.15) is 0 Å². The molecule has 0 saturated carbocycles. The summed E-state index contributed by atoms with van der Waals surface area (Å²) in [6.45, 7) is 0.789. The fraction of sp³-hybridized carbons (Fsp3) is 0.154. The molecule has 0 fully saturated rings. The summed E-state index contributed by atoms with van der Waals surface area (Å²) in [5, 5.41) is 3.76. The number of benzene rings is 3. The highest BCUT2D eigenvalue weighted by Crippen LogP contribution is 2.36. The van der Waals surface area contributed by atoms with E-state index in [1.807, 2.05) is 48.5 Å². The Bertz CT molecular complexity index is 1260. The van der Waals surface area contributed by atoms with Gasteiger partial charge in [-0.3, -0.25) is 4.79 Å². The van der Waals surface area contributed by atoms with E-state index in [0.717, 1.165) is 28.4 Å². The van der Waals surface area contributed by atoms with Gasteiger partial charge in [-0.25, -0.2) is 4.98 Å². The zero-order valence-electron chi connectivity index (χ0n) is 17.7. The van der Waals surface area contributed by atoms with Gasteiger partial charge in [0, 0.05) is 22.4 Å². The second-order valence-electron chi connectivity index (χ2n) is 7.61. The van der Waals surface area contributed by atoms with Gasteiger partial charge >= 0.3 is 0 Å². The molecule has 4 aromatic rings. The first-order valence-corrected chi connectivity index (χ1v) is 11.9. The summed E-state index contributed by atoms with van der Waals surface area (Å²) in [5.74, 6) is 1.30. The lowest BCUT2D eigenvalue weighted by molar-refractivity contribution is -0.121. The summed E-state index contributed by atoms with van der Waals surface area (Å²) in [4.78, 5) is 19.1. The van der Waals surface area contributed by atoms with Crippen LogP contribution in [-0.4, -0.2) is 30.6 Å². The molecule has 0 radical (unpaired) electrons. The number of rotatable bonds is 7. The van der Waals surface area contributed by atoms with Crippen LogP contribution >= 0.6 is 22.9 Å². The Morgan fingerprint density at radius 2 is 1.88 bits per heavy atom. The topological polar surface area (TPSA) is 51.7 Å². The van der Waals surface area contributed by atoms with Crippen LogP contribution in [0.4, 0.5) is 5.69 Å². The number of amides is 1. The van der Waals surface area contributed by atoms with Crippen LogP contribution in [0.5, 0.6) is 11.5 Å². The third kappa shape index (κ3) is 5.02. The summed E-state index contributed by atoms with van der Waals surface area (Å²) in [7, 11) is 0. The maximum absolute atomic E-state index is 12.6. The van der Waals surface area contributed by atoms with Gasteiger partial charge in [-0.15, -0.1) is 11.3 Å². The van der Waals surface area contributed by atoms with Crippen molar-refractivity contribution >= 4 is 34.5 Å². The van der Waals surface area contributed by atoms with Gasteiger partial charge in [-0.05, 0) is 48.0 Å². The lowest BCUT2D eigenvalue weighted by atomic mass is 10.1. The molecule has 0 N–H and O–H groups in total. The number of carbonyl (C=O) groups is 1. The molecule has 7 heteroatoms. The molecular weight excluding hydrogens is 456 g/mol. The molecule has 2 heterocycles. The van der Waals surface area contributed by atoms with Crippen molar-refractivity contribution in [3.05, 3.63) is 93.8 Å². The number of hydrogen-bond acceptors (Lipinski definition) is 5. The Morgan fingerprint density at radius 1 is 1.06 bits per heavy atom. The van der Waals surface area contributed by atoms with Crippen molar-refractivity contribution in [3.8, 4) is 22.8 Å². The molecule has 0 bridgehead atoms. The molecule has 1 aliphatic rings. The second-order valence-corrected chi connectivity index (χ2v) is 8.99. The molecule has 0 unspecified atom stereocenters. The maximum atomic E-state index is 12.6. The van der Waals surface area contributed by atoms with E-state index in [2.05, 4.69) is 17.5 Å². The van der Waals surface area contributed by atoms with Crippen molar-refractivity contribution in [2.45, 2.75) is 6.42 Å². The van der Waals surface area contributed by atoms with E-state index in [1.54, 1.807) is 28.4 Å². The van der Waals surface area contributed by atoms with Crippen LogP contribution in [0, 0.1) is 0 Å². The molecule has 33 heavy (non-hydrogen) atoms. The number of halogens is 1. The predicted octanol–water partition coefficient (Wildman–Crippen LogP) is 5.86.